The van der Waals surface area contributed by atoms with Crippen LogP contribution in [-0.2, 0) is 0 Å². The molecule has 0 amide bonds. The lowest BCUT2D eigenvalue weighted by Crippen LogP contribution is -2.27. The summed E-state index contributed by atoms with van der Waals surface area (Å²) in [6.45, 7) is 0. The zero-order valence-electron chi connectivity index (χ0n) is 9.65. The molecule has 2 rings (SSSR count). The lowest BCUT2D eigenvalue weighted by molar-refractivity contribution is 0.371. The minimum absolute atomic E-state index is 0.590. The fourth-order valence-electron chi connectivity index (χ4n) is 2.91. The van der Waals surface area contributed by atoms with Gasteiger partial charge in [-0.3, -0.25) is 0 Å². The molecule has 1 N–H and O–H groups in total. The van der Waals surface area contributed by atoms with Crippen molar-refractivity contribution in [3.8, 4) is 0 Å². The van der Waals surface area contributed by atoms with Crippen LogP contribution in [0.5, 0.6) is 0 Å². The van der Waals surface area contributed by atoms with Crippen molar-refractivity contribution in [3.05, 3.63) is 0 Å². The third-order valence-corrected chi connectivity index (χ3v) is 4.39. The van der Waals surface area contributed by atoms with Gasteiger partial charge in [-0.05, 0) is 38.6 Å². The van der Waals surface area contributed by atoms with E-state index in [1.807, 2.05) is 0 Å². The van der Waals surface area contributed by atoms with Gasteiger partial charge in [0.1, 0.15) is 0 Å². The molecule has 0 saturated heterocycles. The molecule has 0 spiro atoms. The monoisotopic (exact) mass is 195 g/mol. The molecule has 2 aliphatic carbocycles. The van der Waals surface area contributed by atoms with E-state index in [4.69, 9.17) is 0 Å². The van der Waals surface area contributed by atoms with E-state index >= 15 is 0 Å². The van der Waals surface area contributed by atoms with Crippen LogP contribution >= 0.6 is 0 Å². The maximum absolute atomic E-state index is 3.51. The highest BCUT2D eigenvalue weighted by molar-refractivity contribution is 5.00. The summed E-state index contributed by atoms with van der Waals surface area (Å²) in [5, 5.41) is 3.51. The van der Waals surface area contributed by atoms with Gasteiger partial charge in [0.05, 0.1) is 0 Å². The predicted octanol–water partition coefficient (Wildman–Crippen LogP) is 3.49. The second-order valence-electron chi connectivity index (χ2n) is 5.43. The summed E-state index contributed by atoms with van der Waals surface area (Å²) in [6.07, 6.45) is 14.8. The molecular weight excluding hydrogens is 170 g/mol. The van der Waals surface area contributed by atoms with Gasteiger partial charge in [-0.2, -0.15) is 0 Å². The molecule has 0 atom stereocenters. The largest absolute Gasteiger partial charge is 0.314 e. The van der Waals surface area contributed by atoms with Crippen molar-refractivity contribution >= 4 is 0 Å². The molecule has 1 nitrogen and oxygen atoms in total. The third-order valence-electron chi connectivity index (χ3n) is 4.39. The van der Waals surface area contributed by atoms with Crippen molar-refractivity contribution in [2.45, 2.75) is 69.7 Å². The molecule has 0 aromatic heterocycles. The quantitative estimate of drug-likeness (QED) is 0.677. The average Bonchev–Trinajstić information content (AvgIpc) is 3.01. The second-order valence-corrected chi connectivity index (χ2v) is 5.43. The zero-order chi connectivity index (χ0) is 9.86. The number of hydrogen-bond donors (Lipinski definition) is 1. The van der Waals surface area contributed by atoms with Gasteiger partial charge in [-0.1, -0.05) is 38.5 Å². The van der Waals surface area contributed by atoms with E-state index in [0.29, 0.717) is 5.54 Å². The fraction of sp³-hybridized carbons (Fsp3) is 1.00. The lowest BCUT2D eigenvalue weighted by Gasteiger charge is -2.19. The summed E-state index contributed by atoms with van der Waals surface area (Å²) in [7, 11) is 2.14. The summed E-state index contributed by atoms with van der Waals surface area (Å²) in [6, 6.07) is 0. The third kappa shape index (κ3) is 2.73. The van der Waals surface area contributed by atoms with Crippen molar-refractivity contribution in [1.82, 2.24) is 5.32 Å². The summed E-state index contributed by atoms with van der Waals surface area (Å²) >= 11 is 0. The molecule has 0 bridgehead atoms. The summed E-state index contributed by atoms with van der Waals surface area (Å²) in [5.41, 5.74) is 0.590. The van der Waals surface area contributed by atoms with Crippen molar-refractivity contribution in [1.29, 1.82) is 0 Å². The second kappa shape index (κ2) is 4.65. The maximum atomic E-state index is 3.51. The first-order chi connectivity index (χ1) is 6.85. The van der Waals surface area contributed by atoms with Gasteiger partial charge in [0, 0.05) is 5.54 Å². The van der Waals surface area contributed by atoms with E-state index in [1.54, 1.807) is 0 Å². The van der Waals surface area contributed by atoms with Crippen LogP contribution in [0.3, 0.4) is 0 Å². The first kappa shape index (κ1) is 10.5. The molecule has 2 saturated carbocycles. The van der Waals surface area contributed by atoms with Gasteiger partial charge in [-0.15, -0.1) is 0 Å². The Kier molecular flexibility index (Phi) is 3.48. The maximum Gasteiger partial charge on any atom is 0.0180 e. The Bertz CT molecular complexity index is 164. The van der Waals surface area contributed by atoms with Gasteiger partial charge in [-0.25, -0.2) is 0 Å². The highest BCUT2D eigenvalue weighted by Gasteiger charge is 2.40. The summed E-state index contributed by atoms with van der Waals surface area (Å²) < 4.78 is 0. The molecule has 0 unspecified atom stereocenters. The summed E-state index contributed by atoms with van der Waals surface area (Å²) in [4.78, 5) is 0. The molecular formula is C13H25N. The van der Waals surface area contributed by atoms with E-state index in [-0.39, 0.29) is 0 Å². The van der Waals surface area contributed by atoms with E-state index in [0.717, 1.165) is 5.92 Å². The van der Waals surface area contributed by atoms with E-state index in [2.05, 4.69) is 12.4 Å². The SMILES string of the molecule is CNC1(CCC2CCCCCC2)CC1. The molecule has 0 aromatic rings. The van der Waals surface area contributed by atoms with Gasteiger partial charge in [0.15, 0.2) is 0 Å². The van der Waals surface area contributed by atoms with Gasteiger partial charge in [0.2, 0.25) is 0 Å². The Morgan fingerprint density at radius 3 is 2.21 bits per heavy atom. The molecule has 82 valence electrons. The van der Waals surface area contributed by atoms with Crippen molar-refractivity contribution in [2.75, 3.05) is 7.05 Å². The van der Waals surface area contributed by atoms with Gasteiger partial charge >= 0.3 is 0 Å². The topological polar surface area (TPSA) is 12.0 Å². The van der Waals surface area contributed by atoms with E-state index in [9.17, 15) is 0 Å². The highest BCUT2D eigenvalue weighted by Crippen LogP contribution is 2.41. The zero-order valence-corrected chi connectivity index (χ0v) is 9.65. The van der Waals surface area contributed by atoms with Crippen LogP contribution in [0.15, 0.2) is 0 Å². The fourth-order valence-corrected chi connectivity index (χ4v) is 2.91. The number of hydrogen-bond acceptors (Lipinski definition) is 1. The highest BCUT2D eigenvalue weighted by atomic mass is 15.0. The van der Waals surface area contributed by atoms with Crippen LogP contribution in [0.4, 0.5) is 0 Å². The first-order valence-electron chi connectivity index (χ1n) is 6.54. The number of rotatable bonds is 4. The molecule has 2 aliphatic rings. The minimum atomic E-state index is 0.590. The molecule has 0 heterocycles. The van der Waals surface area contributed by atoms with Crippen molar-refractivity contribution < 1.29 is 0 Å². The molecule has 0 aromatic carbocycles. The molecule has 1 heteroatoms. The standard InChI is InChI=1S/C13H25N/c1-14-13(10-11-13)9-8-12-6-4-2-3-5-7-12/h12,14H,2-11H2,1H3. The average molecular weight is 195 g/mol. The van der Waals surface area contributed by atoms with Crippen LogP contribution in [0, 0.1) is 5.92 Å². The smallest absolute Gasteiger partial charge is 0.0180 e. The number of nitrogens with one attached hydrogen (secondary N) is 1. The Morgan fingerprint density at radius 1 is 1.07 bits per heavy atom. The Morgan fingerprint density at radius 2 is 1.71 bits per heavy atom. The molecule has 14 heavy (non-hydrogen) atoms. The van der Waals surface area contributed by atoms with Crippen LogP contribution in [0.2, 0.25) is 0 Å². The lowest BCUT2D eigenvalue weighted by atomic mass is 9.92. The predicted molar refractivity (Wildman–Crippen MR) is 61.5 cm³/mol. The normalized spacial score (nSPS) is 27.2. The van der Waals surface area contributed by atoms with Gasteiger partial charge < -0.3 is 5.32 Å². The van der Waals surface area contributed by atoms with Crippen molar-refractivity contribution in [2.24, 2.45) is 5.92 Å². The van der Waals surface area contributed by atoms with Crippen LogP contribution in [0.1, 0.15) is 64.2 Å². The minimum Gasteiger partial charge on any atom is -0.314 e. The first-order valence-corrected chi connectivity index (χ1v) is 6.54. The summed E-state index contributed by atoms with van der Waals surface area (Å²) in [5.74, 6) is 1.06. The Labute approximate surface area is 88.7 Å². The Hall–Kier alpha value is -0.0400. The van der Waals surface area contributed by atoms with E-state index in [1.165, 1.54) is 64.2 Å². The van der Waals surface area contributed by atoms with Crippen LogP contribution in [0.25, 0.3) is 0 Å². The van der Waals surface area contributed by atoms with Gasteiger partial charge in [0.25, 0.3) is 0 Å². The Balaban J connectivity index is 1.68. The van der Waals surface area contributed by atoms with Crippen LogP contribution < -0.4 is 5.32 Å². The van der Waals surface area contributed by atoms with Crippen LogP contribution in [-0.4, -0.2) is 12.6 Å². The van der Waals surface area contributed by atoms with Crippen molar-refractivity contribution in [3.63, 3.8) is 0 Å². The molecule has 0 radical (unpaired) electrons. The molecule has 2 fully saturated rings. The van der Waals surface area contributed by atoms with E-state index < -0.39 is 0 Å². The molecule has 0 aliphatic heterocycles.